The molecule has 1 saturated heterocycles. The molecule has 0 aromatic heterocycles. The lowest BCUT2D eigenvalue weighted by Gasteiger charge is -2.14. The monoisotopic (exact) mass is 484 g/mol. The van der Waals surface area contributed by atoms with Gasteiger partial charge in [-0.1, -0.05) is 59.6 Å². The molecule has 0 spiro atoms. The van der Waals surface area contributed by atoms with Crippen LogP contribution in [0.5, 0.6) is 11.5 Å². The van der Waals surface area contributed by atoms with Gasteiger partial charge in [-0.25, -0.2) is 4.99 Å². The standard InChI is InChI=1S/C24H18Cl2N2O3S/c1-30-20-12-15(11-19(26)22(20)31-14-16-7-5-6-10-18(16)25)13-21-23(29)28-24(32-21)27-17-8-3-2-4-9-17/h2-13H,14H2,1H3,(H,27,28,29)/b21-13-. The van der Waals surface area contributed by atoms with Crippen LogP contribution in [-0.4, -0.2) is 18.2 Å². The van der Waals surface area contributed by atoms with E-state index >= 15 is 0 Å². The molecule has 4 rings (SSSR count). The largest absolute Gasteiger partial charge is 0.493 e. The summed E-state index contributed by atoms with van der Waals surface area (Å²) in [7, 11) is 1.53. The Kier molecular flexibility index (Phi) is 7.05. The van der Waals surface area contributed by atoms with Gasteiger partial charge in [-0.15, -0.1) is 0 Å². The second-order valence-electron chi connectivity index (χ2n) is 6.73. The third-order valence-electron chi connectivity index (χ3n) is 4.52. The summed E-state index contributed by atoms with van der Waals surface area (Å²) in [6.07, 6.45) is 1.74. The van der Waals surface area contributed by atoms with Crippen LogP contribution in [-0.2, 0) is 11.4 Å². The zero-order valence-corrected chi connectivity index (χ0v) is 19.3. The number of thioether (sulfide) groups is 1. The lowest BCUT2D eigenvalue weighted by molar-refractivity contribution is -0.115. The fourth-order valence-electron chi connectivity index (χ4n) is 2.98. The van der Waals surface area contributed by atoms with Gasteiger partial charge in [0.25, 0.3) is 5.91 Å². The molecule has 5 nitrogen and oxygen atoms in total. The van der Waals surface area contributed by atoms with E-state index in [9.17, 15) is 4.79 Å². The molecule has 1 aliphatic rings. The van der Waals surface area contributed by atoms with E-state index in [0.717, 1.165) is 11.3 Å². The highest BCUT2D eigenvalue weighted by molar-refractivity contribution is 8.18. The molecule has 0 radical (unpaired) electrons. The third-order valence-corrected chi connectivity index (χ3v) is 6.08. The Morgan fingerprint density at radius 1 is 1.03 bits per heavy atom. The third kappa shape index (κ3) is 5.27. The van der Waals surface area contributed by atoms with E-state index in [1.807, 2.05) is 48.5 Å². The number of benzene rings is 3. The smallest absolute Gasteiger partial charge is 0.264 e. The molecule has 32 heavy (non-hydrogen) atoms. The topological polar surface area (TPSA) is 59.9 Å². The van der Waals surface area contributed by atoms with E-state index in [2.05, 4.69) is 10.3 Å². The van der Waals surface area contributed by atoms with Gasteiger partial charge in [0.15, 0.2) is 16.7 Å². The number of nitrogens with zero attached hydrogens (tertiary/aromatic N) is 1. The van der Waals surface area contributed by atoms with E-state index in [0.29, 0.717) is 37.2 Å². The number of aliphatic imine (C=N–C) groups is 1. The minimum absolute atomic E-state index is 0.223. The highest BCUT2D eigenvalue weighted by atomic mass is 35.5. The maximum Gasteiger partial charge on any atom is 0.264 e. The molecule has 8 heteroatoms. The SMILES string of the molecule is COc1cc(/C=C2\SC(=Nc3ccccc3)NC2=O)cc(Cl)c1OCc1ccccc1Cl. The Balaban J connectivity index is 1.55. The molecule has 1 fully saturated rings. The van der Waals surface area contributed by atoms with Crippen molar-refractivity contribution < 1.29 is 14.3 Å². The zero-order chi connectivity index (χ0) is 22.5. The molecule has 1 heterocycles. The van der Waals surface area contributed by atoms with Crippen LogP contribution in [0, 0.1) is 0 Å². The number of methoxy groups -OCH3 is 1. The van der Waals surface area contributed by atoms with Crippen LogP contribution in [0.1, 0.15) is 11.1 Å². The van der Waals surface area contributed by atoms with Crippen LogP contribution in [0.25, 0.3) is 6.08 Å². The fourth-order valence-corrected chi connectivity index (χ4v) is 4.29. The number of carbonyl (C=O) groups is 1. The van der Waals surface area contributed by atoms with Crippen LogP contribution in [0.2, 0.25) is 10.0 Å². The van der Waals surface area contributed by atoms with Crippen molar-refractivity contribution in [2.45, 2.75) is 6.61 Å². The second kappa shape index (κ2) is 10.1. The molecule has 162 valence electrons. The van der Waals surface area contributed by atoms with Gasteiger partial charge in [0.05, 0.1) is 22.7 Å². The average Bonchev–Trinajstić information content (AvgIpc) is 3.12. The van der Waals surface area contributed by atoms with Gasteiger partial charge >= 0.3 is 0 Å². The van der Waals surface area contributed by atoms with E-state index in [1.54, 1.807) is 24.3 Å². The predicted molar refractivity (Wildman–Crippen MR) is 131 cm³/mol. The van der Waals surface area contributed by atoms with Crippen LogP contribution >= 0.6 is 35.0 Å². The van der Waals surface area contributed by atoms with Crippen LogP contribution in [0.4, 0.5) is 5.69 Å². The minimum Gasteiger partial charge on any atom is -0.493 e. The van der Waals surface area contributed by atoms with Gasteiger partial charge < -0.3 is 14.8 Å². The quantitative estimate of drug-likeness (QED) is 0.407. The first-order chi connectivity index (χ1) is 15.5. The Hall–Kier alpha value is -2.93. The average molecular weight is 485 g/mol. The molecule has 1 aliphatic heterocycles. The summed E-state index contributed by atoms with van der Waals surface area (Å²) in [5.41, 5.74) is 2.31. The van der Waals surface area contributed by atoms with E-state index in [4.69, 9.17) is 32.7 Å². The molecule has 0 atom stereocenters. The molecule has 0 aliphatic carbocycles. The summed E-state index contributed by atoms with van der Waals surface area (Å²) >= 11 is 13.9. The number of halogens is 2. The van der Waals surface area contributed by atoms with Gasteiger partial charge in [-0.05, 0) is 53.7 Å². The molecular weight excluding hydrogens is 467 g/mol. The number of rotatable bonds is 6. The van der Waals surface area contributed by atoms with Crippen LogP contribution < -0.4 is 14.8 Å². The maximum atomic E-state index is 12.4. The molecular formula is C24H18Cl2N2O3S. The fraction of sp³-hybridized carbons (Fsp3) is 0.0833. The predicted octanol–water partition coefficient (Wildman–Crippen LogP) is 6.47. The molecule has 0 saturated carbocycles. The molecule has 1 N–H and O–H groups in total. The number of ether oxygens (including phenoxy) is 2. The van der Waals surface area contributed by atoms with Gasteiger partial charge in [0.2, 0.25) is 0 Å². The first-order valence-electron chi connectivity index (χ1n) is 9.62. The van der Waals surface area contributed by atoms with Crippen molar-refractivity contribution in [2.75, 3.05) is 7.11 Å². The molecule has 0 unspecified atom stereocenters. The number of nitrogens with one attached hydrogen (secondary N) is 1. The normalized spacial score (nSPS) is 15.8. The Morgan fingerprint density at radius 2 is 1.78 bits per heavy atom. The van der Waals surface area contributed by atoms with Crippen molar-refractivity contribution in [3.8, 4) is 11.5 Å². The summed E-state index contributed by atoms with van der Waals surface area (Å²) in [6.45, 7) is 0.244. The number of amides is 1. The Labute approximate surface area is 200 Å². The lowest BCUT2D eigenvalue weighted by atomic mass is 10.1. The highest BCUT2D eigenvalue weighted by Crippen LogP contribution is 2.39. The maximum absolute atomic E-state index is 12.4. The van der Waals surface area contributed by atoms with Crippen LogP contribution in [0.3, 0.4) is 0 Å². The summed E-state index contributed by atoms with van der Waals surface area (Å²) in [6, 6.07) is 20.3. The first kappa shape index (κ1) is 22.3. The van der Waals surface area contributed by atoms with E-state index in [-0.39, 0.29) is 12.5 Å². The molecule has 1 amide bonds. The summed E-state index contributed by atoms with van der Waals surface area (Å²) in [5, 5.41) is 4.27. The highest BCUT2D eigenvalue weighted by Gasteiger charge is 2.24. The van der Waals surface area contributed by atoms with Crippen LogP contribution in [0.15, 0.2) is 76.6 Å². The molecule has 3 aromatic rings. The molecule has 0 bridgehead atoms. The second-order valence-corrected chi connectivity index (χ2v) is 8.58. The number of carbonyl (C=O) groups excluding carboxylic acids is 1. The number of para-hydroxylation sites is 1. The van der Waals surface area contributed by atoms with Gasteiger partial charge in [0, 0.05) is 10.6 Å². The molecule has 3 aromatic carbocycles. The number of hydrogen-bond acceptors (Lipinski definition) is 5. The lowest BCUT2D eigenvalue weighted by Crippen LogP contribution is -2.19. The Bertz CT molecular complexity index is 1210. The van der Waals surface area contributed by atoms with Crippen molar-refractivity contribution in [1.29, 1.82) is 0 Å². The Morgan fingerprint density at radius 3 is 2.53 bits per heavy atom. The first-order valence-corrected chi connectivity index (χ1v) is 11.2. The van der Waals surface area contributed by atoms with Crippen molar-refractivity contribution in [3.63, 3.8) is 0 Å². The van der Waals surface area contributed by atoms with E-state index in [1.165, 1.54) is 18.9 Å². The van der Waals surface area contributed by atoms with E-state index < -0.39 is 0 Å². The van der Waals surface area contributed by atoms with Crippen molar-refractivity contribution in [3.05, 3.63) is 92.8 Å². The van der Waals surface area contributed by atoms with Crippen molar-refractivity contribution in [2.24, 2.45) is 4.99 Å². The van der Waals surface area contributed by atoms with Gasteiger partial charge in [0.1, 0.15) is 6.61 Å². The number of amidine groups is 1. The van der Waals surface area contributed by atoms with Gasteiger partial charge in [-0.2, -0.15) is 0 Å². The summed E-state index contributed by atoms with van der Waals surface area (Å²) in [5.74, 6) is 0.642. The van der Waals surface area contributed by atoms with Crippen molar-refractivity contribution in [1.82, 2.24) is 5.32 Å². The van der Waals surface area contributed by atoms with Crippen molar-refractivity contribution >= 4 is 57.8 Å². The summed E-state index contributed by atoms with van der Waals surface area (Å²) < 4.78 is 11.4. The minimum atomic E-state index is -0.223. The summed E-state index contributed by atoms with van der Waals surface area (Å²) in [4.78, 5) is 17.3. The number of hydrogen-bond donors (Lipinski definition) is 1. The van der Waals surface area contributed by atoms with Gasteiger partial charge in [-0.3, -0.25) is 4.79 Å². The zero-order valence-electron chi connectivity index (χ0n) is 17.0.